The summed E-state index contributed by atoms with van der Waals surface area (Å²) in [6, 6.07) is 0. The van der Waals surface area contributed by atoms with Crippen LogP contribution in [0, 0.1) is 5.92 Å². The maximum atomic E-state index is 12.6. The van der Waals surface area contributed by atoms with Crippen molar-refractivity contribution >= 4 is 16.9 Å². The summed E-state index contributed by atoms with van der Waals surface area (Å²) < 4.78 is 25.2. The Labute approximate surface area is 74.9 Å². The van der Waals surface area contributed by atoms with Crippen molar-refractivity contribution in [3.05, 3.63) is 0 Å². The van der Waals surface area contributed by atoms with Gasteiger partial charge in [-0.05, 0) is 12.3 Å². The zero-order valence-corrected chi connectivity index (χ0v) is 7.79. The number of hydrogen-bond acceptors (Lipinski definition) is 2. The van der Waals surface area contributed by atoms with E-state index in [-0.39, 0.29) is 23.9 Å². The highest BCUT2D eigenvalue weighted by molar-refractivity contribution is 8.13. The molecule has 0 N–H and O–H groups in total. The van der Waals surface area contributed by atoms with Gasteiger partial charge in [0.1, 0.15) is 0 Å². The number of carbonyl (C=O) groups excluding carboxylic acids is 1. The van der Waals surface area contributed by atoms with Crippen molar-refractivity contribution in [1.82, 2.24) is 0 Å². The van der Waals surface area contributed by atoms with E-state index in [0.717, 1.165) is 11.8 Å². The van der Waals surface area contributed by atoms with Crippen molar-refractivity contribution in [2.45, 2.75) is 32.1 Å². The average Bonchev–Trinajstić information content (AvgIpc) is 2.26. The number of carbonyl (C=O) groups is 1. The molecule has 0 aromatic carbocycles. The Kier molecular flexibility index (Phi) is 3.09. The molecule has 0 saturated heterocycles. The normalized spacial score (nSPS) is 27.4. The minimum Gasteiger partial charge on any atom is -0.288 e. The lowest BCUT2D eigenvalue weighted by molar-refractivity contribution is -0.109. The topological polar surface area (TPSA) is 17.1 Å². The Bertz CT molecular complexity index is 182. The maximum absolute atomic E-state index is 12.6. The summed E-state index contributed by atoms with van der Waals surface area (Å²) >= 11 is 1.16. The van der Waals surface area contributed by atoms with E-state index in [9.17, 15) is 13.6 Å². The quantitative estimate of drug-likeness (QED) is 0.672. The zero-order valence-electron chi connectivity index (χ0n) is 6.98. The zero-order chi connectivity index (χ0) is 9.19. The van der Waals surface area contributed by atoms with E-state index in [4.69, 9.17) is 0 Å². The highest BCUT2D eigenvalue weighted by Crippen LogP contribution is 2.40. The van der Waals surface area contributed by atoms with Crippen LogP contribution in [0.4, 0.5) is 8.78 Å². The summed E-state index contributed by atoms with van der Waals surface area (Å²) in [6.45, 7) is 1.47. The van der Waals surface area contributed by atoms with E-state index in [1.807, 2.05) is 0 Å². The fourth-order valence-electron chi connectivity index (χ4n) is 1.42. The van der Waals surface area contributed by atoms with Crippen molar-refractivity contribution < 1.29 is 13.6 Å². The van der Waals surface area contributed by atoms with Crippen LogP contribution in [0.1, 0.15) is 26.2 Å². The summed E-state index contributed by atoms with van der Waals surface area (Å²) in [5.74, 6) is -1.87. The highest BCUT2D eigenvalue weighted by atomic mass is 32.2. The molecule has 1 aliphatic carbocycles. The molecule has 0 unspecified atom stereocenters. The van der Waals surface area contributed by atoms with Gasteiger partial charge in [-0.3, -0.25) is 4.79 Å². The summed E-state index contributed by atoms with van der Waals surface area (Å²) in [6.07, 6.45) is 0.524. The lowest BCUT2D eigenvalue weighted by Crippen LogP contribution is -2.10. The number of hydrogen-bond donors (Lipinski definition) is 0. The molecule has 0 aromatic heterocycles. The van der Waals surface area contributed by atoms with Crippen LogP contribution in [0.2, 0.25) is 0 Å². The fourth-order valence-corrected chi connectivity index (χ4v) is 2.17. The Morgan fingerprint density at radius 1 is 1.67 bits per heavy atom. The minimum absolute atomic E-state index is 0.00384. The summed E-state index contributed by atoms with van der Waals surface area (Å²) in [7, 11) is 0. The molecule has 70 valence electrons. The van der Waals surface area contributed by atoms with Crippen LogP contribution in [-0.4, -0.2) is 16.8 Å². The van der Waals surface area contributed by atoms with E-state index in [2.05, 4.69) is 0 Å². The van der Waals surface area contributed by atoms with Crippen LogP contribution < -0.4 is 0 Å². The molecule has 1 fully saturated rings. The van der Waals surface area contributed by atoms with E-state index >= 15 is 0 Å². The standard InChI is InChI=1S/C8H12F2OS/c1-6(11)12-5-7-2-3-8(9,10)4-7/h7H,2-5H2,1H3/t7-/m0/s1. The first-order chi connectivity index (χ1) is 5.49. The predicted molar refractivity (Wildman–Crippen MR) is 45.4 cm³/mol. The van der Waals surface area contributed by atoms with Gasteiger partial charge in [0.25, 0.3) is 0 Å². The Morgan fingerprint density at radius 2 is 2.33 bits per heavy atom. The molecule has 0 radical (unpaired) electrons. The molecule has 1 atom stereocenters. The summed E-state index contributed by atoms with van der Waals surface area (Å²) in [5.41, 5.74) is 0. The largest absolute Gasteiger partial charge is 0.288 e. The Morgan fingerprint density at radius 3 is 2.75 bits per heavy atom. The van der Waals surface area contributed by atoms with Crippen LogP contribution >= 0.6 is 11.8 Å². The minimum atomic E-state index is -2.47. The van der Waals surface area contributed by atoms with Gasteiger partial charge in [-0.2, -0.15) is 0 Å². The highest BCUT2D eigenvalue weighted by Gasteiger charge is 2.39. The van der Waals surface area contributed by atoms with Crippen molar-refractivity contribution in [3.63, 3.8) is 0 Å². The van der Waals surface area contributed by atoms with E-state index < -0.39 is 5.92 Å². The lowest BCUT2D eigenvalue weighted by Gasteiger charge is -2.08. The molecular formula is C8H12F2OS. The Hall–Kier alpha value is -0.120. The summed E-state index contributed by atoms with van der Waals surface area (Å²) in [4.78, 5) is 10.5. The first kappa shape index (κ1) is 9.96. The van der Waals surface area contributed by atoms with Crippen molar-refractivity contribution in [3.8, 4) is 0 Å². The first-order valence-corrected chi connectivity index (χ1v) is 4.99. The molecule has 1 nitrogen and oxygen atoms in total. The van der Waals surface area contributed by atoms with Gasteiger partial charge in [0, 0.05) is 25.5 Å². The Balaban J connectivity index is 2.24. The van der Waals surface area contributed by atoms with Crippen LogP contribution in [0.15, 0.2) is 0 Å². The van der Waals surface area contributed by atoms with Gasteiger partial charge in [-0.1, -0.05) is 11.8 Å². The van der Waals surface area contributed by atoms with E-state index in [1.165, 1.54) is 6.92 Å². The third-order valence-corrected chi connectivity index (χ3v) is 3.07. The summed E-state index contributed by atoms with van der Waals surface area (Å²) in [5, 5.41) is 0.0187. The van der Waals surface area contributed by atoms with Gasteiger partial charge in [-0.15, -0.1) is 0 Å². The van der Waals surface area contributed by atoms with Gasteiger partial charge in [0.2, 0.25) is 5.92 Å². The van der Waals surface area contributed by atoms with E-state index in [0.29, 0.717) is 12.2 Å². The van der Waals surface area contributed by atoms with Crippen molar-refractivity contribution in [2.24, 2.45) is 5.92 Å². The predicted octanol–water partition coefficient (Wildman–Crippen LogP) is 2.70. The third kappa shape index (κ3) is 3.09. The molecule has 0 amide bonds. The molecule has 0 aromatic rings. The smallest absolute Gasteiger partial charge is 0.248 e. The first-order valence-electron chi connectivity index (χ1n) is 4.01. The molecule has 0 aliphatic heterocycles. The second-order valence-electron chi connectivity index (χ2n) is 3.27. The molecule has 4 heteroatoms. The maximum Gasteiger partial charge on any atom is 0.248 e. The van der Waals surface area contributed by atoms with Gasteiger partial charge in [0.15, 0.2) is 5.12 Å². The van der Waals surface area contributed by atoms with Crippen LogP contribution in [0.25, 0.3) is 0 Å². The second-order valence-corrected chi connectivity index (χ2v) is 4.46. The molecule has 1 saturated carbocycles. The molecule has 0 bridgehead atoms. The van der Waals surface area contributed by atoms with Crippen LogP contribution in [0.5, 0.6) is 0 Å². The fraction of sp³-hybridized carbons (Fsp3) is 0.875. The van der Waals surface area contributed by atoms with Gasteiger partial charge < -0.3 is 0 Å². The third-order valence-electron chi connectivity index (χ3n) is 2.03. The monoisotopic (exact) mass is 194 g/mol. The number of thioether (sulfide) groups is 1. The van der Waals surface area contributed by atoms with Crippen LogP contribution in [-0.2, 0) is 4.79 Å². The molecule has 0 spiro atoms. The number of rotatable bonds is 2. The number of halogens is 2. The van der Waals surface area contributed by atoms with Crippen molar-refractivity contribution in [1.29, 1.82) is 0 Å². The molecule has 12 heavy (non-hydrogen) atoms. The molecule has 0 heterocycles. The van der Waals surface area contributed by atoms with Gasteiger partial charge in [0.05, 0.1) is 0 Å². The van der Waals surface area contributed by atoms with Crippen LogP contribution in [0.3, 0.4) is 0 Å². The molecule has 1 aliphatic rings. The van der Waals surface area contributed by atoms with Crippen molar-refractivity contribution in [2.75, 3.05) is 5.75 Å². The second kappa shape index (κ2) is 3.73. The average molecular weight is 194 g/mol. The van der Waals surface area contributed by atoms with E-state index in [1.54, 1.807) is 0 Å². The number of alkyl halides is 2. The van der Waals surface area contributed by atoms with Gasteiger partial charge >= 0.3 is 0 Å². The lowest BCUT2D eigenvalue weighted by atomic mass is 10.1. The molecule has 1 rings (SSSR count). The SMILES string of the molecule is CC(=O)SC[C@H]1CCC(F)(F)C1. The molecular weight excluding hydrogens is 182 g/mol. The van der Waals surface area contributed by atoms with Gasteiger partial charge in [-0.25, -0.2) is 8.78 Å².